The van der Waals surface area contributed by atoms with E-state index >= 15 is 0 Å². The summed E-state index contributed by atoms with van der Waals surface area (Å²) in [7, 11) is 0. The van der Waals surface area contributed by atoms with E-state index in [2.05, 4.69) is 6.92 Å². The predicted molar refractivity (Wildman–Crippen MR) is 71.9 cm³/mol. The highest BCUT2D eigenvalue weighted by molar-refractivity contribution is 5.87. The summed E-state index contributed by atoms with van der Waals surface area (Å²) < 4.78 is 5.73. The van der Waals surface area contributed by atoms with Crippen molar-refractivity contribution in [1.82, 2.24) is 0 Å². The van der Waals surface area contributed by atoms with Crippen molar-refractivity contribution in [2.45, 2.75) is 45.6 Å². The molecule has 0 amide bonds. The molecular formula is C15H22O3. The Morgan fingerprint density at radius 2 is 1.89 bits per heavy atom. The highest BCUT2D eigenvalue weighted by Crippen LogP contribution is 2.18. The molecule has 3 heteroatoms. The molecule has 0 saturated carbocycles. The molecule has 1 aromatic carbocycles. The molecule has 0 saturated heterocycles. The maximum Gasteiger partial charge on any atom is 0.335 e. The first kappa shape index (κ1) is 14.7. The topological polar surface area (TPSA) is 46.5 Å². The maximum atomic E-state index is 10.7. The second-order valence-corrected chi connectivity index (χ2v) is 4.50. The van der Waals surface area contributed by atoms with Crippen molar-refractivity contribution in [2.24, 2.45) is 0 Å². The normalized spacial score (nSPS) is 12.3. The average Bonchev–Trinajstić information content (AvgIpc) is 2.38. The SMILES string of the molecule is CCCCCCOC(C)c1ccc(C(=O)O)cc1. The van der Waals surface area contributed by atoms with Crippen LogP contribution in [0.4, 0.5) is 0 Å². The quantitative estimate of drug-likeness (QED) is 0.708. The molecule has 1 atom stereocenters. The predicted octanol–water partition coefficient (Wildman–Crippen LogP) is 4.04. The maximum absolute atomic E-state index is 10.7. The summed E-state index contributed by atoms with van der Waals surface area (Å²) in [5.41, 5.74) is 1.34. The smallest absolute Gasteiger partial charge is 0.335 e. The molecule has 0 aliphatic heterocycles. The van der Waals surface area contributed by atoms with E-state index < -0.39 is 5.97 Å². The first-order chi connectivity index (χ1) is 8.65. The molecule has 1 aromatic rings. The second kappa shape index (κ2) is 7.88. The minimum absolute atomic E-state index is 0.0227. The Bertz CT molecular complexity index is 357. The average molecular weight is 250 g/mol. The monoisotopic (exact) mass is 250 g/mol. The lowest BCUT2D eigenvalue weighted by Gasteiger charge is -2.13. The van der Waals surface area contributed by atoms with Gasteiger partial charge < -0.3 is 9.84 Å². The largest absolute Gasteiger partial charge is 0.478 e. The summed E-state index contributed by atoms with van der Waals surface area (Å²) >= 11 is 0. The van der Waals surface area contributed by atoms with Gasteiger partial charge in [0.15, 0.2) is 0 Å². The van der Waals surface area contributed by atoms with E-state index in [1.807, 2.05) is 19.1 Å². The van der Waals surface area contributed by atoms with E-state index in [9.17, 15) is 4.79 Å². The van der Waals surface area contributed by atoms with Crippen LogP contribution >= 0.6 is 0 Å². The number of benzene rings is 1. The fourth-order valence-corrected chi connectivity index (χ4v) is 1.78. The Labute approximate surface area is 109 Å². The lowest BCUT2D eigenvalue weighted by molar-refractivity contribution is 0.0625. The van der Waals surface area contributed by atoms with Crippen LogP contribution in [0.2, 0.25) is 0 Å². The molecule has 0 aliphatic rings. The molecular weight excluding hydrogens is 228 g/mol. The van der Waals surface area contributed by atoms with Gasteiger partial charge in [0.1, 0.15) is 0 Å². The third-order valence-electron chi connectivity index (χ3n) is 2.99. The number of aromatic carboxylic acids is 1. The molecule has 0 heterocycles. The zero-order chi connectivity index (χ0) is 13.4. The Morgan fingerprint density at radius 3 is 2.44 bits per heavy atom. The number of carbonyl (C=O) groups is 1. The first-order valence-corrected chi connectivity index (χ1v) is 6.60. The van der Waals surface area contributed by atoms with E-state index in [0.29, 0.717) is 5.56 Å². The van der Waals surface area contributed by atoms with E-state index in [1.165, 1.54) is 19.3 Å². The first-order valence-electron chi connectivity index (χ1n) is 6.60. The van der Waals surface area contributed by atoms with Gasteiger partial charge in [-0.15, -0.1) is 0 Å². The number of unbranched alkanes of at least 4 members (excludes halogenated alkanes) is 3. The minimum atomic E-state index is -0.894. The van der Waals surface area contributed by atoms with Crippen molar-refractivity contribution in [3.63, 3.8) is 0 Å². The zero-order valence-corrected chi connectivity index (χ0v) is 11.2. The van der Waals surface area contributed by atoms with Crippen LogP contribution in [0.5, 0.6) is 0 Å². The highest BCUT2D eigenvalue weighted by atomic mass is 16.5. The van der Waals surface area contributed by atoms with Gasteiger partial charge in [-0.3, -0.25) is 0 Å². The Kier molecular flexibility index (Phi) is 6.44. The third kappa shape index (κ3) is 4.88. The lowest BCUT2D eigenvalue weighted by atomic mass is 10.1. The zero-order valence-electron chi connectivity index (χ0n) is 11.2. The molecule has 1 unspecified atom stereocenters. The summed E-state index contributed by atoms with van der Waals surface area (Å²) in [4.78, 5) is 10.7. The number of carboxylic acid groups (broad SMARTS) is 1. The van der Waals surface area contributed by atoms with Gasteiger partial charge in [0.05, 0.1) is 11.7 Å². The van der Waals surface area contributed by atoms with Crippen LogP contribution in [0.3, 0.4) is 0 Å². The van der Waals surface area contributed by atoms with Gasteiger partial charge in [0.25, 0.3) is 0 Å². The van der Waals surface area contributed by atoms with Gasteiger partial charge in [-0.2, -0.15) is 0 Å². The number of hydrogen-bond acceptors (Lipinski definition) is 2. The third-order valence-corrected chi connectivity index (χ3v) is 2.99. The van der Waals surface area contributed by atoms with Crippen molar-refractivity contribution in [3.05, 3.63) is 35.4 Å². The Balaban J connectivity index is 2.37. The van der Waals surface area contributed by atoms with Crippen LogP contribution < -0.4 is 0 Å². The molecule has 18 heavy (non-hydrogen) atoms. The van der Waals surface area contributed by atoms with Gasteiger partial charge in [0.2, 0.25) is 0 Å². The van der Waals surface area contributed by atoms with Crippen LogP contribution in [-0.4, -0.2) is 17.7 Å². The van der Waals surface area contributed by atoms with Crippen molar-refractivity contribution < 1.29 is 14.6 Å². The van der Waals surface area contributed by atoms with Gasteiger partial charge in [-0.1, -0.05) is 38.3 Å². The van der Waals surface area contributed by atoms with E-state index in [-0.39, 0.29) is 6.10 Å². The summed E-state index contributed by atoms with van der Waals surface area (Å²) in [5.74, 6) is -0.894. The van der Waals surface area contributed by atoms with Crippen molar-refractivity contribution in [1.29, 1.82) is 0 Å². The van der Waals surface area contributed by atoms with Crippen LogP contribution in [0, 0.1) is 0 Å². The van der Waals surface area contributed by atoms with E-state index in [0.717, 1.165) is 18.6 Å². The fraction of sp³-hybridized carbons (Fsp3) is 0.533. The summed E-state index contributed by atoms with van der Waals surface area (Å²) in [6.45, 7) is 4.95. The fourth-order valence-electron chi connectivity index (χ4n) is 1.78. The molecule has 1 N–H and O–H groups in total. The summed E-state index contributed by atoms with van der Waals surface area (Å²) in [6.07, 6.45) is 4.80. The molecule has 0 aliphatic carbocycles. The van der Waals surface area contributed by atoms with E-state index in [1.54, 1.807) is 12.1 Å². The molecule has 100 valence electrons. The Hall–Kier alpha value is -1.35. The van der Waals surface area contributed by atoms with Crippen LogP contribution in [-0.2, 0) is 4.74 Å². The summed E-state index contributed by atoms with van der Waals surface area (Å²) in [5, 5.41) is 8.81. The van der Waals surface area contributed by atoms with Crippen molar-refractivity contribution in [2.75, 3.05) is 6.61 Å². The van der Waals surface area contributed by atoms with Crippen LogP contribution in [0.15, 0.2) is 24.3 Å². The van der Waals surface area contributed by atoms with Gasteiger partial charge in [-0.05, 0) is 31.0 Å². The highest BCUT2D eigenvalue weighted by Gasteiger charge is 2.07. The van der Waals surface area contributed by atoms with Gasteiger partial charge in [0, 0.05) is 6.61 Å². The minimum Gasteiger partial charge on any atom is -0.478 e. The number of ether oxygens (including phenoxy) is 1. The molecule has 0 aromatic heterocycles. The van der Waals surface area contributed by atoms with Crippen LogP contribution in [0.1, 0.15) is 61.6 Å². The molecule has 0 radical (unpaired) electrons. The second-order valence-electron chi connectivity index (χ2n) is 4.50. The number of rotatable bonds is 8. The van der Waals surface area contributed by atoms with Gasteiger partial charge >= 0.3 is 5.97 Å². The molecule has 0 spiro atoms. The van der Waals surface area contributed by atoms with Crippen molar-refractivity contribution in [3.8, 4) is 0 Å². The molecule has 0 bridgehead atoms. The molecule has 1 rings (SSSR count). The molecule has 0 fully saturated rings. The standard InChI is InChI=1S/C15H22O3/c1-3-4-5-6-11-18-12(2)13-7-9-14(10-8-13)15(16)17/h7-10,12H,3-6,11H2,1-2H3,(H,16,17). The molecule has 3 nitrogen and oxygen atoms in total. The van der Waals surface area contributed by atoms with Crippen molar-refractivity contribution >= 4 is 5.97 Å². The van der Waals surface area contributed by atoms with Gasteiger partial charge in [-0.25, -0.2) is 4.79 Å². The number of hydrogen-bond donors (Lipinski definition) is 1. The van der Waals surface area contributed by atoms with E-state index in [4.69, 9.17) is 9.84 Å². The van der Waals surface area contributed by atoms with Crippen LogP contribution in [0.25, 0.3) is 0 Å². The lowest BCUT2D eigenvalue weighted by Crippen LogP contribution is -2.03. The Morgan fingerprint density at radius 1 is 1.22 bits per heavy atom. The summed E-state index contributed by atoms with van der Waals surface area (Å²) in [6, 6.07) is 6.88. The number of carboxylic acids is 1.